The van der Waals surface area contributed by atoms with Crippen LogP contribution in [0.5, 0.6) is 0 Å². The molecule has 0 bridgehead atoms. The molecule has 0 unspecified atom stereocenters. The Kier molecular flexibility index (Phi) is 12.0. The molecule has 3 heterocycles. The van der Waals surface area contributed by atoms with Gasteiger partial charge in [0.1, 0.15) is 0 Å². The number of nitrogens with zero attached hydrogens (tertiary/aromatic N) is 4. The summed E-state index contributed by atoms with van der Waals surface area (Å²) in [6.45, 7) is 0. The number of pyridine rings is 2. The minimum atomic E-state index is 0.704. The van der Waals surface area contributed by atoms with Gasteiger partial charge in [0.05, 0.1) is 11.4 Å². The highest BCUT2D eigenvalue weighted by Gasteiger charge is 2.19. The second-order valence-corrected chi connectivity index (χ2v) is 17.8. The van der Waals surface area contributed by atoms with E-state index in [2.05, 4.69) is 244 Å². The standard InChI is InChI=1S/C68H46N4/c1-3-14-47(15-4-1)55-34-36-62(64(45-55)50-22-28-52(29-23-50)66-20-9-11-38-69-66)58-42-57(61-19-8-7-18-60(61)49-26-32-54(33-27-49)68-71-40-13-41-72-68)43-59(44-58)63-37-35-56(48-16-5-2-6-17-48)46-65(63)51-24-30-53(31-25-51)67-21-10-12-39-70-67/h1-46H. The van der Waals surface area contributed by atoms with Crippen molar-refractivity contribution in [1.82, 2.24) is 19.9 Å². The summed E-state index contributed by atoms with van der Waals surface area (Å²) in [6, 6.07) is 91.2. The topological polar surface area (TPSA) is 51.6 Å². The lowest BCUT2D eigenvalue weighted by Gasteiger charge is -2.19. The van der Waals surface area contributed by atoms with E-state index in [0.717, 1.165) is 106 Å². The van der Waals surface area contributed by atoms with Gasteiger partial charge in [-0.15, -0.1) is 0 Å². The van der Waals surface area contributed by atoms with Crippen molar-refractivity contribution in [2.75, 3.05) is 0 Å². The van der Waals surface area contributed by atoms with E-state index in [0.29, 0.717) is 5.82 Å². The zero-order chi connectivity index (χ0) is 48.1. The SMILES string of the molecule is c1ccc(-c2ccc(-c3cc(-c4ccccc4-c4ccc(-c5ncccn5)cc4)cc(-c4ccc(-c5ccccc5)cc4-c4ccc(-c5ccccn5)cc4)c3)c(-c3ccc(-c4ccccn4)cc3)c2)cc1. The zero-order valence-electron chi connectivity index (χ0n) is 39.3. The van der Waals surface area contributed by atoms with Gasteiger partial charge in [0.25, 0.3) is 0 Å². The molecule has 0 amide bonds. The highest BCUT2D eigenvalue weighted by atomic mass is 14.8. The molecule has 0 spiro atoms. The Bertz CT molecular complexity index is 3600. The fraction of sp³-hybridized carbons (Fsp3) is 0. The third-order valence-electron chi connectivity index (χ3n) is 13.4. The molecule has 0 aliphatic carbocycles. The van der Waals surface area contributed by atoms with Crippen molar-refractivity contribution in [3.63, 3.8) is 0 Å². The molecule has 0 fully saturated rings. The quantitative estimate of drug-likeness (QED) is 0.130. The molecule has 0 N–H and O–H groups in total. The average molecular weight is 919 g/mol. The molecule has 12 aromatic rings. The minimum Gasteiger partial charge on any atom is -0.256 e. The smallest absolute Gasteiger partial charge is 0.159 e. The van der Waals surface area contributed by atoms with E-state index in [1.165, 1.54) is 11.1 Å². The Morgan fingerprint density at radius 2 is 0.500 bits per heavy atom. The molecular weight excluding hydrogens is 873 g/mol. The first-order valence-electron chi connectivity index (χ1n) is 24.2. The molecule has 0 aliphatic heterocycles. The Balaban J connectivity index is 1.07. The van der Waals surface area contributed by atoms with Crippen LogP contribution in [0.15, 0.2) is 280 Å². The summed E-state index contributed by atoms with van der Waals surface area (Å²) in [5, 5.41) is 0. The Morgan fingerprint density at radius 3 is 0.931 bits per heavy atom. The van der Waals surface area contributed by atoms with Gasteiger partial charge in [-0.05, 0) is 150 Å². The fourth-order valence-corrected chi connectivity index (χ4v) is 9.73. The molecule has 72 heavy (non-hydrogen) atoms. The fourth-order valence-electron chi connectivity index (χ4n) is 9.73. The van der Waals surface area contributed by atoms with Gasteiger partial charge in [0.2, 0.25) is 0 Å². The number of aromatic nitrogens is 4. The number of hydrogen-bond donors (Lipinski definition) is 0. The lowest BCUT2D eigenvalue weighted by atomic mass is 9.84. The maximum atomic E-state index is 4.66. The van der Waals surface area contributed by atoms with Crippen LogP contribution in [-0.4, -0.2) is 19.9 Å². The number of hydrogen-bond acceptors (Lipinski definition) is 4. The summed E-state index contributed by atoms with van der Waals surface area (Å²) >= 11 is 0. The van der Waals surface area contributed by atoms with Gasteiger partial charge in [0.15, 0.2) is 5.82 Å². The molecule has 0 atom stereocenters. The van der Waals surface area contributed by atoms with Crippen LogP contribution >= 0.6 is 0 Å². The summed E-state index contributed by atoms with van der Waals surface area (Å²) in [5.41, 5.74) is 23.2. The van der Waals surface area contributed by atoms with E-state index in [1.54, 1.807) is 12.4 Å². The van der Waals surface area contributed by atoms with Crippen molar-refractivity contribution in [3.8, 4) is 123 Å². The third-order valence-corrected chi connectivity index (χ3v) is 13.4. The Labute approximate surface area is 420 Å². The highest BCUT2D eigenvalue weighted by molar-refractivity contribution is 5.96. The summed E-state index contributed by atoms with van der Waals surface area (Å²) in [4.78, 5) is 18.3. The molecule has 9 aromatic carbocycles. The summed E-state index contributed by atoms with van der Waals surface area (Å²) < 4.78 is 0. The van der Waals surface area contributed by atoms with Crippen LogP contribution in [-0.2, 0) is 0 Å². The first-order valence-corrected chi connectivity index (χ1v) is 24.2. The van der Waals surface area contributed by atoms with E-state index in [4.69, 9.17) is 0 Å². The van der Waals surface area contributed by atoms with Gasteiger partial charge in [-0.2, -0.15) is 0 Å². The first kappa shape index (κ1) is 43.6. The van der Waals surface area contributed by atoms with Crippen molar-refractivity contribution in [1.29, 1.82) is 0 Å². The van der Waals surface area contributed by atoms with Gasteiger partial charge in [0, 0.05) is 41.5 Å². The Hall–Kier alpha value is -9.64. The number of benzene rings is 9. The monoisotopic (exact) mass is 918 g/mol. The maximum absolute atomic E-state index is 4.66. The molecule has 3 aromatic heterocycles. The largest absolute Gasteiger partial charge is 0.256 e. The van der Waals surface area contributed by atoms with Crippen LogP contribution in [0, 0.1) is 0 Å². The molecule has 0 radical (unpaired) electrons. The van der Waals surface area contributed by atoms with Gasteiger partial charge >= 0.3 is 0 Å². The molecule has 0 aliphatic rings. The van der Waals surface area contributed by atoms with E-state index < -0.39 is 0 Å². The first-order chi connectivity index (χ1) is 35.7. The minimum absolute atomic E-state index is 0.704. The van der Waals surface area contributed by atoms with Crippen LogP contribution in [0.2, 0.25) is 0 Å². The van der Waals surface area contributed by atoms with E-state index in [9.17, 15) is 0 Å². The molecular formula is C68H46N4. The highest BCUT2D eigenvalue weighted by Crippen LogP contribution is 2.44. The van der Waals surface area contributed by atoms with Crippen LogP contribution in [0.3, 0.4) is 0 Å². The summed E-state index contributed by atoms with van der Waals surface area (Å²) in [7, 11) is 0. The summed E-state index contributed by atoms with van der Waals surface area (Å²) in [6.07, 6.45) is 7.26. The van der Waals surface area contributed by atoms with E-state index in [-0.39, 0.29) is 0 Å². The second kappa shape index (κ2) is 19.8. The average Bonchev–Trinajstić information content (AvgIpc) is 3.48. The molecule has 4 nitrogen and oxygen atoms in total. The van der Waals surface area contributed by atoms with Crippen molar-refractivity contribution in [2.45, 2.75) is 0 Å². The summed E-state index contributed by atoms with van der Waals surface area (Å²) in [5.74, 6) is 0.704. The molecule has 12 rings (SSSR count). The van der Waals surface area contributed by atoms with Crippen molar-refractivity contribution < 1.29 is 0 Å². The zero-order valence-corrected chi connectivity index (χ0v) is 39.3. The predicted octanol–water partition coefficient (Wildman–Crippen LogP) is 17.6. The van der Waals surface area contributed by atoms with Crippen LogP contribution in [0.4, 0.5) is 0 Å². The second-order valence-electron chi connectivity index (χ2n) is 17.8. The van der Waals surface area contributed by atoms with Crippen LogP contribution < -0.4 is 0 Å². The van der Waals surface area contributed by atoms with E-state index >= 15 is 0 Å². The molecule has 4 heteroatoms. The molecule has 0 saturated heterocycles. The Morgan fingerprint density at radius 1 is 0.167 bits per heavy atom. The predicted molar refractivity (Wildman–Crippen MR) is 297 cm³/mol. The number of rotatable bonds is 11. The molecule has 338 valence electrons. The maximum Gasteiger partial charge on any atom is 0.159 e. The third kappa shape index (κ3) is 9.04. The van der Waals surface area contributed by atoms with Crippen molar-refractivity contribution in [3.05, 3.63) is 280 Å². The lowest BCUT2D eigenvalue weighted by Crippen LogP contribution is -1.94. The van der Waals surface area contributed by atoms with Crippen LogP contribution in [0.1, 0.15) is 0 Å². The van der Waals surface area contributed by atoms with Crippen molar-refractivity contribution in [2.24, 2.45) is 0 Å². The van der Waals surface area contributed by atoms with Crippen LogP contribution in [0.25, 0.3) is 123 Å². The normalized spacial score (nSPS) is 11.1. The van der Waals surface area contributed by atoms with Crippen molar-refractivity contribution >= 4 is 0 Å². The van der Waals surface area contributed by atoms with E-state index in [1.807, 2.05) is 42.7 Å². The van der Waals surface area contributed by atoms with Gasteiger partial charge in [-0.25, -0.2) is 9.97 Å². The van der Waals surface area contributed by atoms with Gasteiger partial charge in [-0.1, -0.05) is 194 Å². The van der Waals surface area contributed by atoms with Gasteiger partial charge < -0.3 is 0 Å². The van der Waals surface area contributed by atoms with Gasteiger partial charge in [-0.3, -0.25) is 9.97 Å². The molecule has 0 saturated carbocycles. The lowest BCUT2D eigenvalue weighted by molar-refractivity contribution is 1.18.